The van der Waals surface area contributed by atoms with Gasteiger partial charge in [-0.05, 0) is 39.3 Å². The quantitative estimate of drug-likeness (QED) is 0.892. The number of anilines is 1. The lowest BCUT2D eigenvalue weighted by Gasteiger charge is -2.29. The number of nitrogens with zero attached hydrogens (tertiary/aromatic N) is 1. The highest BCUT2D eigenvalue weighted by molar-refractivity contribution is 7.91. The highest BCUT2D eigenvalue weighted by atomic mass is 32.2. The summed E-state index contributed by atoms with van der Waals surface area (Å²) in [6.45, 7) is 6.33. The van der Waals surface area contributed by atoms with Gasteiger partial charge >= 0.3 is 0 Å². The van der Waals surface area contributed by atoms with Crippen molar-refractivity contribution in [3.8, 4) is 0 Å². The van der Waals surface area contributed by atoms with Crippen LogP contribution < -0.4 is 10.2 Å². The summed E-state index contributed by atoms with van der Waals surface area (Å²) < 4.78 is 22.9. The molecule has 1 heterocycles. The van der Waals surface area contributed by atoms with Crippen molar-refractivity contribution in [2.75, 3.05) is 23.0 Å². The van der Waals surface area contributed by atoms with E-state index in [1.54, 1.807) is 0 Å². The number of hydrogen-bond acceptors (Lipinski definition) is 4. The molecule has 5 nitrogen and oxygen atoms in total. The highest BCUT2D eigenvalue weighted by Crippen LogP contribution is 2.18. The fourth-order valence-corrected chi connectivity index (χ4v) is 4.32. The Morgan fingerprint density at radius 2 is 1.95 bits per heavy atom. The van der Waals surface area contributed by atoms with Crippen molar-refractivity contribution in [2.24, 2.45) is 0 Å². The molecule has 1 atom stereocenters. The maximum Gasteiger partial charge on any atom is 0.239 e. The Balaban J connectivity index is 1.99. The maximum absolute atomic E-state index is 12.2. The third kappa shape index (κ3) is 4.47. The first-order chi connectivity index (χ1) is 10.3. The van der Waals surface area contributed by atoms with Gasteiger partial charge in [0, 0.05) is 17.8 Å². The number of aryl methyl sites for hydroxylation is 1. The average Bonchev–Trinajstić information content (AvgIpc) is 2.76. The van der Waals surface area contributed by atoms with E-state index in [2.05, 4.69) is 5.32 Å². The third-order valence-corrected chi connectivity index (χ3v) is 5.67. The second-order valence-electron chi connectivity index (χ2n) is 6.22. The summed E-state index contributed by atoms with van der Waals surface area (Å²) in [4.78, 5) is 14.2. The number of amides is 1. The van der Waals surface area contributed by atoms with Gasteiger partial charge in [-0.25, -0.2) is 8.42 Å². The summed E-state index contributed by atoms with van der Waals surface area (Å²) >= 11 is 0. The Kier molecular flexibility index (Phi) is 5.11. The van der Waals surface area contributed by atoms with Crippen LogP contribution in [0.25, 0.3) is 0 Å². The van der Waals surface area contributed by atoms with Gasteiger partial charge in [0.1, 0.15) is 0 Å². The van der Waals surface area contributed by atoms with Gasteiger partial charge < -0.3 is 10.2 Å². The van der Waals surface area contributed by atoms with E-state index < -0.39 is 9.84 Å². The zero-order chi connectivity index (χ0) is 16.3. The molecule has 0 aromatic heterocycles. The minimum atomic E-state index is -2.97. The lowest BCUT2D eigenvalue weighted by atomic mass is 10.2. The molecule has 1 aromatic rings. The van der Waals surface area contributed by atoms with Crippen LogP contribution >= 0.6 is 0 Å². The van der Waals surface area contributed by atoms with Gasteiger partial charge in [0.25, 0.3) is 0 Å². The van der Waals surface area contributed by atoms with E-state index in [-0.39, 0.29) is 36.0 Å². The zero-order valence-electron chi connectivity index (χ0n) is 13.4. The molecule has 1 aliphatic heterocycles. The van der Waals surface area contributed by atoms with Crippen LogP contribution in [-0.4, -0.2) is 44.5 Å². The van der Waals surface area contributed by atoms with Gasteiger partial charge in [-0.15, -0.1) is 0 Å². The van der Waals surface area contributed by atoms with E-state index >= 15 is 0 Å². The molecule has 1 saturated heterocycles. The molecule has 0 saturated carbocycles. The largest absolute Gasteiger partial charge is 0.360 e. The van der Waals surface area contributed by atoms with Gasteiger partial charge in [0.05, 0.1) is 18.1 Å². The summed E-state index contributed by atoms with van der Waals surface area (Å²) in [5.74, 6) is 0.103. The van der Waals surface area contributed by atoms with Crippen molar-refractivity contribution < 1.29 is 13.2 Å². The Bertz CT molecular complexity index is 623. The van der Waals surface area contributed by atoms with E-state index in [4.69, 9.17) is 0 Å². The van der Waals surface area contributed by atoms with Gasteiger partial charge in [-0.2, -0.15) is 0 Å². The first kappa shape index (κ1) is 16.8. The van der Waals surface area contributed by atoms with Crippen molar-refractivity contribution in [3.05, 3.63) is 29.8 Å². The van der Waals surface area contributed by atoms with Crippen LogP contribution in [0, 0.1) is 6.92 Å². The Morgan fingerprint density at radius 3 is 2.45 bits per heavy atom. The van der Waals surface area contributed by atoms with Crippen LogP contribution in [0.5, 0.6) is 0 Å². The van der Waals surface area contributed by atoms with Crippen molar-refractivity contribution in [3.63, 3.8) is 0 Å². The lowest BCUT2D eigenvalue weighted by Crippen LogP contribution is -2.44. The molecule has 1 aliphatic rings. The smallest absolute Gasteiger partial charge is 0.239 e. The molecule has 2 rings (SSSR count). The van der Waals surface area contributed by atoms with Gasteiger partial charge in [-0.3, -0.25) is 4.79 Å². The monoisotopic (exact) mass is 324 g/mol. The molecule has 0 spiro atoms. The molecule has 0 unspecified atom stereocenters. The molecule has 0 aliphatic carbocycles. The van der Waals surface area contributed by atoms with Gasteiger partial charge in [-0.1, -0.05) is 17.7 Å². The maximum atomic E-state index is 12.2. The highest BCUT2D eigenvalue weighted by Gasteiger charge is 2.29. The average molecular weight is 324 g/mol. The van der Waals surface area contributed by atoms with E-state index in [0.29, 0.717) is 6.42 Å². The van der Waals surface area contributed by atoms with Crippen LogP contribution in [0.2, 0.25) is 0 Å². The molecule has 1 N–H and O–H groups in total. The van der Waals surface area contributed by atoms with E-state index in [9.17, 15) is 13.2 Å². The zero-order valence-corrected chi connectivity index (χ0v) is 14.2. The molecule has 0 radical (unpaired) electrons. The minimum absolute atomic E-state index is 0.0605. The lowest BCUT2D eigenvalue weighted by molar-refractivity contribution is -0.120. The Hall–Kier alpha value is -1.56. The summed E-state index contributed by atoms with van der Waals surface area (Å²) in [6, 6.07) is 7.98. The summed E-state index contributed by atoms with van der Waals surface area (Å²) in [5, 5.41) is 2.84. The number of benzene rings is 1. The molecular weight excluding hydrogens is 300 g/mol. The molecule has 1 fully saturated rings. The normalized spacial score (nSPS) is 20.1. The first-order valence-electron chi connectivity index (χ1n) is 7.60. The molecule has 122 valence electrons. The van der Waals surface area contributed by atoms with Gasteiger partial charge in [0.2, 0.25) is 5.91 Å². The predicted octanol–water partition coefficient (Wildman–Crippen LogP) is 1.51. The number of carbonyl (C=O) groups is 1. The first-order valence-corrected chi connectivity index (χ1v) is 9.42. The predicted molar refractivity (Wildman–Crippen MR) is 88.9 cm³/mol. The van der Waals surface area contributed by atoms with Crippen LogP contribution in [0.15, 0.2) is 24.3 Å². The van der Waals surface area contributed by atoms with Crippen molar-refractivity contribution in [1.82, 2.24) is 5.32 Å². The van der Waals surface area contributed by atoms with E-state index in [1.807, 2.05) is 49.9 Å². The summed E-state index contributed by atoms with van der Waals surface area (Å²) in [5.41, 5.74) is 2.17. The van der Waals surface area contributed by atoms with Crippen molar-refractivity contribution >= 4 is 21.4 Å². The fraction of sp³-hybridized carbons (Fsp3) is 0.562. The fourth-order valence-electron chi connectivity index (χ4n) is 2.65. The Morgan fingerprint density at radius 1 is 1.32 bits per heavy atom. The topological polar surface area (TPSA) is 66.5 Å². The number of carbonyl (C=O) groups excluding carboxylic acids is 1. The number of nitrogens with one attached hydrogen (secondary N) is 1. The minimum Gasteiger partial charge on any atom is -0.360 e. The second kappa shape index (κ2) is 6.69. The third-order valence-electron chi connectivity index (χ3n) is 3.90. The van der Waals surface area contributed by atoms with E-state index in [1.165, 1.54) is 5.56 Å². The van der Waals surface area contributed by atoms with Gasteiger partial charge in [0.15, 0.2) is 9.84 Å². The number of rotatable bonds is 5. The number of hydrogen-bond donors (Lipinski definition) is 1. The van der Waals surface area contributed by atoms with E-state index in [0.717, 1.165) is 5.69 Å². The van der Waals surface area contributed by atoms with Crippen molar-refractivity contribution in [1.29, 1.82) is 0 Å². The van der Waals surface area contributed by atoms with Crippen LogP contribution in [-0.2, 0) is 14.6 Å². The van der Waals surface area contributed by atoms with Crippen LogP contribution in [0.1, 0.15) is 25.8 Å². The Labute approximate surface area is 132 Å². The van der Waals surface area contributed by atoms with Crippen molar-refractivity contribution in [2.45, 2.75) is 39.3 Å². The number of sulfone groups is 1. The molecule has 1 amide bonds. The molecule has 1 aromatic carbocycles. The van der Waals surface area contributed by atoms with Crippen LogP contribution in [0.3, 0.4) is 0 Å². The van der Waals surface area contributed by atoms with Crippen LogP contribution in [0.4, 0.5) is 5.69 Å². The second-order valence-corrected chi connectivity index (χ2v) is 8.45. The summed E-state index contributed by atoms with van der Waals surface area (Å²) in [6.07, 6.45) is 0.514. The SMILES string of the molecule is Cc1ccc(N(CC(=O)N[C@@H]2CCS(=O)(=O)C2)C(C)C)cc1. The molecule has 22 heavy (non-hydrogen) atoms. The molecule has 6 heteroatoms. The molecule has 0 bridgehead atoms. The standard InChI is InChI=1S/C16H24N2O3S/c1-12(2)18(15-6-4-13(3)5-7-15)10-16(19)17-14-8-9-22(20,21)11-14/h4-7,12,14H,8-11H2,1-3H3,(H,17,19)/t14-/m1/s1. The molecular formula is C16H24N2O3S. The summed E-state index contributed by atoms with van der Waals surface area (Å²) in [7, 11) is -2.97.